The lowest BCUT2D eigenvalue weighted by Crippen LogP contribution is -2.31. The zero-order valence-corrected chi connectivity index (χ0v) is 7.81. The summed E-state index contributed by atoms with van der Waals surface area (Å²) in [6, 6.07) is 6.22. The molecule has 1 N–H and O–H groups in total. The first-order chi connectivity index (χ1) is 6.31. The SMILES string of the molecule is Cc1ccc2c(c1)C(CF)NCC2. The summed E-state index contributed by atoms with van der Waals surface area (Å²) >= 11 is 0. The molecule has 1 unspecified atom stereocenters. The maximum Gasteiger partial charge on any atom is 0.109 e. The van der Waals surface area contributed by atoms with Gasteiger partial charge < -0.3 is 5.32 Å². The minimum Gasteiger partial charge on any atom is -0.307 e. The van der Waals surface area contributed by atoms with E-state index in [0.29, 0.717) is 0 Å². The molecule has 13 heavy (non-hydrogen) atoms. The Morgan fingerprint density at radius 1 is 1.54 bits per heavy atom. The number of fused-ring (bicyclic) bond motifs is 1. The Morgan fingerprint density at radius 3 is 3.15 bits per heavy atom. The monoisotopic (exact) mass is 179 g/mol. The molecule has 0 aliphatic carbocycles. The van der Waals surface area contributed by atoms with E-state index in [1.165, 1.54) is 11.1 Å². The molecule has 0 fully saturated rings. The number of hydrogen-bond acceptors (Lipinski definition) is 1. The molecule has 70 valence electrons. The van der Waals surface area contributed by atoms with Gasteiger partial charge in [-0.3, -0.25) is 0 Å². The second-order valence-corrected chi connectivity index (χ2v) is 3.61. The van der Waals surface area contributed by atoms with Crippen LogP contribution in [0.5, 0.6) is 0 Å². The minimum absolute atomic E-state index is 0.0800. The summed E-state index contributed by atoms with van der Waals surface area (Å²) in [7, 11) is 0. The fraction of sp³-hybridized carbons (Fsp3) is 0.455. The van der Waals surface area contributed by atoms with Crippen molar-refractivity contribution in [1.29, 1.82) is 0 Å². The molecule has 1 aromatic carbocycles. The molecule has 0 bridgehead atoms. The van der Waals surface area contributed by atoms with Crippen LogP contribution in [0.3, 0.4) is 0 Å². The molecule has 0 radical (unpaired) electrons. The van der Waals surface area contributed by atoms with E-state index in [-0.39, 0.29) is 12.7 Å². The topological polar surface area (TPSA) is 12.0 Å². The Kier molecular flexibility index (Phi) is 2.32. The fourth-order valence-electron chi connectivity index (χ4n) is 1.90. The van der Waals surface area contributed by atoms with Crippen LogP contribution in [-0.4, -0.2) is 13.2 Å². The average molecular weight is 179 g/mol. The summed E-state index contributed by atoms with van der Waals surface area (Å²) in [4.78, 5) is 0. The predicted octanol–water partition coefficient (Wildman–Crippen LogP) is 2.15. The van der Waals surface area contributed by atoms with Crippen molar-refractivity contribution in [1.82, 2.24) is 5.32 Å². The summed E-state index contributed by atoms with van der Waals surface area (Å²) in [6.07, 6.45) is 1.02. The van der Waals surface area contributed by atoms with Gasteiger partial charge in [-0.2, -0.15) is 0 Å². The van der Waals surface area contributed by atoms with E-state index in [9.17, 15) is 4.39 Å². The van der Waals surface area contributed by atoms with Gasteiger partial charge in [-0.05, 0) is 31.0 Å². The van der Waals surface area contributed by atoms with E-state index >= 15 is 0 Å². The normalized spacial score (nSPS) is 21.2. The molecule has 0 aromatic heterocycles. The number of aryl methyl sites for hydroxylation is 1. The average Bonchev–Trinajstić information content (AvgIpc) is 2.17. The molecule has 0 saturated heterocycles. The van der Waals surface area contributed by atoms with Crippen molar-refractivity contribution < 1.29 is 4.39 Å². The largest absolute Gasteiger partial charge is 0.307 e. The first-order valence-electron chi connectivity index (χ1n) is 4.70. The van der Waals surface area contributed by atoms with E-state index in [4.69, 9.17) is 0 Å². The van der Waals surface area contributed by atoms with Crippen LogP contribution in [0.2, 0.25) is 0 Å². The lowest BCUT2D eigenvalue weighted by molar-refractivity contribution is 0.371. The smallest absolute Gasteiger partial charge is 0.109 e. The van der Waals surface area contributed by atoms with E-state index < -0.39 is 0 Å². The first kappa shape index (κ1) is 8.70. The Hall–Kier alpha value is -0.890. The Morgan fingerprint density at radius 2 is 2.38 bits per heavy atom. The van der Waals surface area contributed by atoms with Crippen LogP contribution in [0.25, 0.3) is 0 Å². The molecule has 1 aliphatic rings. The summed E-state index contributed by atoms with van der Waals surface area (Å²) in [6.45, 7) is 2.63. The third kappa shape index (κ3) is 1.59. The predicted molar refractivity (Wildman–Crippen MR) is 51.6 cm³/mol. The number of hydrogen-bond donors (Lipinski definition) is 1. The van der Waals surface area contributed by atoms with E-state index in [2.05, 4.69) is 23.5 Å². The Balaban J connectivity index is 2.41. The standard InChI is InChI=1S/C11H14FN/c1-8-2-3-9-4-5-13-11(7-12)10(9)6-8/h2-3,6,11,13H,4-5,7H2,1H3. The second-order valence-electron chi connectivity index (χ2n) is 3.61. The van der Waals surface area contributed by atoms with Gasteiger partial charge in [0.15, 0.2) is 0 Å². The highest BCUT2D eigenvalue weighted by Crippen LogP contribution is 2.24. The van der Waals surface area contributed by atoms with E-state index in [0.717, 1.165) is 18.5 Å². The molecule has 0 saturated carbocycles. The van der Waals surface area contributed by atoms with E-state index in [1.54, 1.807) is 0 Å². The maximum absolute atomic E-state index is 12.6. The quantitative estimate of drug-likeness (QED) is 0.696. The molecular formula is C11H14FN. The molecule has 1 aromatic rings. The summed E-state index contributed by atoms with van der Waals surface area (Å²) in [5.74, 6) is 0. The van der Waals surface area contributed by atoms with Crippen molar-refractivity contribution in [3.8, 4) is 0 Å². The van der Waals surface area contributed by atoms with Crippen molar-refractivity contribution >= 4 is 0 Å². The molecule has 1 aliphatic heterocycles. The highest BCUT2D eigenvalue weighted by Gasteiger charge is 2.18. The van der Waals surface area contributed by atoms with Crippen LogP contribution < -0.4 is 5.32 Å². The Bertz CT molecular complexity index is 309. The summed E-state index contributed by atoms with van der Waals surface area (Å²) < 4.78 is 12.6. The van der Waals surface area contributed by atoms with Gasteiger partial charge in [0, 0.05) is 0 Å². The number of benzene rings is 1. The molecule has 1 atom stereocenters. The summed E-state index contributed by atoms with van der Waals surface area (Å²) in [5, 5.41) is 3.18. The molecule has 2 rings (SSSR count). The molecular weight excluding hydrogens is 165 g/mol. The molecule has 2 heteroatoms. The molecule has 0 amide bonds. The third-order valence-electron chi connectivity index (χ3n) is 2.62. The highest BCUT2D eigenvalue weighted by molar-refractivity contribution is 5.35. The first-order valence-corrected chi connectivity index (χ1v) is 4.70. The lowest BCUT2D eigenvalue weighted by atomic mass is 9.93. The maximum atomic E-state index is 12.6. The molecule has 0 spiro atoms. The Labute approximate surface area is 78.0 Å². The van der Waals surface area contributed by atoms with Gasteiger partial charge in [-0.15, -0.1) is 0 Å². The van der Waals surface area contributed by atoms with Gasteiger partial charge in [-0.25, -0.2) is 4.39 Å². The van der Waals surface area contributed by atoms with Crippen LogP contribution in [0.1, 0.15) is 22.7 Å². The van der Waals surface area contributed by atoms with Crippen molar-refractivity contribution in [3.63, 3.8) is 0 Å². The molecule has 1 heterocycles. The number of alkyl halides is 1. The van der Waals surface area contributed by atoms with Gasteiger partial charge in [-0.1, -0.05) is 23.8 Å². The third-order valence-corrected chi connectivity index (χ3v) is 2.62. The van der Waals surface area contributed by atoms with Crippen LogP contribution in [0.4, 0.5) is 4.39 Å². The van der Waals surface area contributed by atoms with Gasteiger partial charge in [0.25, 0.3) is 0 Å². The van der Waals surface area contributed by atoms with Crippen molar-refractivity contribution in [2.24, 2.45) is 0 Å². The number of halogens is 1. The van der Waals surface area contributed by atoms with Crippen LogP contribution in [-0.2, 0) is 6.42 Å². The number of nitrogens with one attached hydrogen (secondary N) is 1. The fourth-order valence-corrected chi connectivity index (χ4v) is 1.90. The van der Waals surface area contributed by atoms with Crippen LogP contribution in [0, 0.1) is 6.92 Å². The zero-order valence-electron chi connectivity index (χ0n) is 7.81. The van der Waals surface area contributed by atoms with Crippen LogP contribution in [0.15, 0.2) is 18.2 Å². The van der Waals surface area contributed by atoms with Crippen molar-refractivity contribution in [2.75, 3.05) is 13.2 Å². The minimum atomic E-state index is -0.309. The molecule has 1 nitrogen and oxygen atoms in total. The van der Waals surface area contributed by atoms with Crippen LogP contribution >= 0.6 is 0 Å². The second kappa shape index (κ2) is 3.46. The van der Waals surface area contributed by atoms with Crippen molar-refractivity contribution in [2.45, 2.75) is 19.4 Å². The number of rotatable bonds is 1. The lowest BCUT2D eigenvalue weighted by Gasteiger charge is -2.25. The van der Waals surface area contributed by atoms with Gasteiger partial charge >= 0.3 is 0 Å². The van der Waals surface area contributed by atoms with Crippen molar-refractivity contribution in [3.05, 3.63) is 34.9 Å². The van der Waals surface area contributed by atoms with E-state index in [1.807, 2.05) is 6.92 Å². The van der Waals surface area contributed by atoms with Gasteiger partial charge in [0.2, 0.25) is 0 Å². The highest BCUT2D eigenvalue weighted by atomic mass is 19.1. The summed E-state index contributed by atoms with van der Waals surface area (Å²) in [5.41, 5.74) is 3.65. The zero-order chi connectivity index (χ0) is 9.26. The van der Waals surface area contributed by atoms with Gasteiger partial charge in [0.1, 0.15) is 6.67 Å². The van der Waals surface area contributed by atoms with Gasteiger partial charge in [0.05, 0.1) is 6.04 Å².